The van der Waals surface area contributed by atoms with E-state index >= 15 is 0 Å². The molecule has 2 aliphatic heterocycles. The van der Waals surface area contributed by atoms with Crippen LogP contribution in [0.5, 0.6) is 0 Å². The van der Waals surface area contributed by atoms with Crippen molar-refractivity contribution in [1.29, 1.82) is 0 Å². The number of anilines is 1. The SMILES string of the molecule is O=C(Nc1cnn(-c2ccc(Cl)cc2)c1C(F)(F)F)N1CCC(N2CCCC2)CC1. The lowest BCUT2D eigenvalue weighted by Gasteiger charge is -2.36. The van der Waals surface area contributed by atoms with Crippen molar-refractivity contribution < 1.29 is 18.0 Å². The van der Waals surface area contributed by atoms with Crippen molar-refractivity contribution in [1.82, 2.24) is 19.6 Å². The number of carbonyl (C=O) groups is 1. The normalized spacial score (nSPS) is 18.7. The summed E-state index contributed by atoms with van der Waals surface area (Å²) < 4.78 is 42.1. The third-order valence-corrected chi connectivity index (χ3v) is 6.01. The zero-order chi connectivity index (χ0) is 21.3. The van der Waals surface area contributed by atoms with Crippen molar-refractivity contribution in [2.45, 2.75) is 37.9 Å². The molecule has 30 heavy (non-hydrogen) atoms. The van der Waals surface area contributed by atoms with Gasteiger partial charge in [0.2, 0.25) is 0 Å². The lowest BCUT2D eigenvalue weighted by Crippen LogP contribution is -2.47. The number of piperidine rings is 1. The molecule has 0 unspecified atom stereocenters. The van der Waals surface area contributed by atoms with E-state index in [2.05, 4.69) is 15.3 Å². The van der Waals surface area contributed by atoms with Crippen LogP contribution in [-0.4, -0.2) is 57.8 Å². The second kappa shape index (κ2) is 8.47. The fourth-order valence-electron chi connectivity index (χ4n) is 4.23. The summed E-state index contributed by atoms with van der Waals surface area (Å²) in [4.78, 5) is 16.7. The van der Waals surface area contributed by atoms with Gasteiger partial charge in [0.25, 0.3) is 0 Å². The standard InChI is InChI=1S/C20H23ClF3N5O/c21-14-3-5-16(6-4-14)29-18(20(22,23)24)17(13-25-29)26-19(30)28-11-7-15(8-12-28)27-9-1-2-10-27/h3-6,13,15H,1-2,7-12H2,(H,26,30). The molecular formula is C20H23ClF3N5O. The Bertz CT molecular complexity index is 885. The van der Waals surface area contributed by atoms with Gasteiger partial charge in [0, 0.05) is 24.2 Å². The fraction of sp³-hybridized carbons (Fsp3) is 0.500. The number of rotatable bonds is 3. The Kier molecular flexibility index (Phi) is 5.92. The van der Waals surface area contributed by atoms with Crippen LogP contribution in [0.3, 0.4) is 0 Å². The van der Waals surface area contributed by atoms with Crippen molar-refractivity contribution >= 4 is 23.3 Å². The molecule has 0 bridgehead atoms. The number of alkyl halides is 3. The van der Waals surface area contributed by atoms with E-state index in [9.17, 15) is 18.0 Å². The first-order valence-electron chi connectivity index (χ1n) is 10.0. The molecule has 1 aromatic carbocycles. The maximum atomic E-state index is 13.8. The zero-order valence-electron chi connectivity index (χ0n) is 16.3. The van der Waals surface area contributed by atoms with Gasteiger partial charge in [0.1, 0.15) is 0 Å². The number of carbonyl (C=O) groups excluding carboxylic acids is 1. The van der Waals surface area contributed by atoms with Crippen LogP contribution in [-0.2, 0) is 6.18 Å². The highest BCUT2D eigenvalue weighted by Crippen LogP contribution is 2.36. The Balaban J connectivity index is 1.47. The molecule has 2 aliphatic rings. The van der Waals surface area contributed by atoms with E-state index in [1.54, 1.807) is 4.90 Å². The van der Waals surface area contributed by atoms with Gasteiger partial charge in [-0.2, -0.15) is 18.3 Å². The van der Waals surface area contributed by atoms with Gasteiger partial charge >= 0.3 is 12.2 Å². The molecule has 2 amide bonds. The molecular weight excluding hydrogens is 419 g/mol. The van der Waals surface area contributed by atoms with E-state index in [1.807, 2.05) is 0 Å². The second-order valence-corrected chi connectivity index (χ2v) is 8.12. The van der Waals surface area contributed by atoms with Gasteiger partial charge in [-0.05, 0) is 63.0 Å². The predicted molar refractivity (Wildman–Crippen MR) is 108 cm³/mol. The average Bonchev–Trinajstić information content (AvgIpc) is 3.38. The number of hydrogen-bond donors (Lipinski definition) is 1. The van der Waals surface area contributed by atoms with E-state index in [-0.39, 0.29) is 11.4 Å². The molecule has 2 aromatic rings. The monoisotopic (exact) mass is 441 g/mol. The van der Waals surface area contributed by atoms with Crippen molar-refractivity contribution in [3.05, 3.63) is 41.2 Å². The van der Waals surface area contributed by atoms with E-state index < -0.39 is 17.9 Å². The van der Waals surface area contributed by atoms with Gasteiger partial charge in [-0.3, -0.25) is 0 Å². The van der Waals surface area contributed by atoms with Gasteiger partial charge in [-0.15, -0.1) is 0 Å². The van der Waals surface area contributed by atoms with E-state index in [0.29, 0.717) is 24.2 Å². The van der Waals surface area contributed by atoms with Gasteiger partial charge in [0.05, 0.1) is 17.6 Å². The summed E-state index contributed by atoms with van der Waals surface area (Å²) in [7, 11) is 0. The van der Waals surface area contributed by atoms with Crippen LogP contribution in [0.15, 0.2) is 30.5 Å². The highest BCUT2D eigenvalue weighted by atomic mass is 35.5. The largest absolute Gasteiger partial charge is 0.435 e. The Labute approximate surface area is 177 Å². The Morgan fingerprint density at radius 2 is 1.70 bits per heavy atom. The molecule has 10 heteroatoms. The minimum absolute atomic E-state index is 0.207. The van der Waals surface area contributed by atoms with Crippen LogP contribution in [0.1, 0.15) is 31.4 Å². The molecule has 2 fully saturated rings. The Morgan fingerprint density at radius 1 is 1.07 bits per heavy atom. The Hall–Kier alpha value is -2.26. The molecule has 0 atom stereocenters. The first-order chi connectivity index (χ1) is 14.3. The van der Waals surface area contributed by atoms with Crippen LogP contribution < -0.4 is 5.32 Å². The van der Waals surface area contributed by atoms with Crippen molar-refractivity contribution in [3.63, 3.8) is 0 Å². The second-order valence-electron chi connectivity index (χ2n) is 7.68. The molecule has 4 rings (SSSR count). The highest BCUT2D eigenvalue weighted by molar-refractivity contribution is 6.30. The summed E-state index contributed by atoms with van der Waals surface area (Å²) in [6.07, 6.45) is 0.429. The third-order valence-electron chi connectivity index (χ3n) is 5.76. The summed E-state index contributed by atoms with van der Waals surface area (Å²) in [5, 5.41) is 6.68. The smallest absolute Gasteiger partial charge is 0.324 e. The lowest BCUT2D eigenvalue weighted by molar-refractivity contribution is -0.142. The summed E-state index contributed by atoms with van der Waals surface area (Å²) in [5.74, 6) is 0. The van der Waals surface area contributed by atoms with Crippen LogP contribution in [0.2, 0.25) is 5.02 Å². The summed E-state index contributed by atoms with van der Waals surface area (Å²) in [6.45, 7) is 3.24. The van der Waals surface area contributed by atoms with Gasteiger partial charge < -0.3 is 15.1 Å². The molecule has 0 spiro atoms. The molecule has 3 heterocycles. The number of nitrogens with one attached hydrogen (secondary N) is 1. The lowest BCUT2D eigenvalue weighted by atomic mass is 10.0. The molecule has 1 N–H and O–H groups in total. The first kappa shape index (κ1) is 21.0. The quantitative estimate of drug-likeness (QED) is 0.755. The number of amides is 2. The van der Waals surface area contributed by atoms with Gasteiger partial charge in [-0.25, -0.2) is 9.48 Å². The molecule has 6 nitrogen and oxygen atoms in total. The highest BCUT2D eigenvalue weighted by Gasteiger charge is 2.40. The number of nitrogens with zero attached hydrogens (tertiary/aromatic N) is 4. The van der Waals surface area contributed by atoms with Gasteiger partial charge in [-0.1, -0.05) is 11.6 Å². The number of benzene rings is 1. The summed E-state index contributed by atoms with van der Waals surface area (Å²) in [6, 6.07) is 5.78. The van der Waals surface area contributed by atoms with Crippen LogP contribution in [0.4, 0.5) is 23.7 Å². The maximum Gasteiger partial charge on any atom is 0.435 e. The van der Waals surface area contributed by atoms with Crippen LogP contribution in [0.25, 0.3) is 5.69 Å². The molecule has 2 saturated heterocycles. The summed E-state index contributed by atoms with van der Waals surface area (Å²) >= 11 is 5.82. The minimum Gasteiger partial charge on any atom is -0.324 e. The predicted octanol–water partition coefficient (Wildman–Crippen LogP) is 4.64. The molecule has 0 aliphatic carbocycles. The number of halogens is 4. The fourth-order valence-corrected chi connectivity index (χ4v) is 4.35. The third kappa shape index (κ3) is 4.41. The molecule has 0 radical (unpaired) electrons. The van der Waals surface area contributed by atoms with E-state index in [4.69, 9.17) is 11.6 Å². The topological polar surface area (TPSA) is 53.4 Å². The van der Waals surface area contributed by atoms with E-state index in [0.717, 1.165) is 36.8 Å². The number of urea groups is 1. The number of likely N-dealkylation sites (tertiary alicyclic amines) is 2. The molecule has 1 aromatic heterocycles. The Morgan fingerprint density at radius 3 is 2.30 bits per heavy atom. The first-order valence-corrected chi connectivity index (χ1v) is 10.4. The van der Waals surface area contributed by atoms with Crippen LogP contribution >= 0.6 is 11.6 Å². The van der Waals surface area contributed by atoms with E-state index in [1.165, 1.54) is 37.1 Å². The van der Waals surface area contributed by atoms with Crippen LogP contribution in [0, 0.1) is 0 Å². The molecule has 0 saturated carbocycles. The van der Waals surface area contributed by atoms with Crippen molar-refractivity contribution in [2.24, 2.45) is 0 Å². The number of aromatic nitrogens is 2. The number of hydrogen-bond acceptors (Lipinski definition) is 3. The van der Waals surface area contributed by atoms with Crippen molar-refractivity contribution in [3.8, 4) is 5.69 Å². The average molecular weight is 442 g/mol. The summed E-state index contributed by atoms with van der Waals surface area (Å²) in [5.41, 5.74) is -1.17. The minimum atomic E-state index is -4.69. The van der Waals surface area contributed by atoms with Gasteiger partial charge in [0.15, 0.2) is 5.69 Å². The van der Waals surface area contributed by atoms with Crippen molar-refractivity contribution in [2.75, 3.05) is 31.5 Å². The maximum absolute atomic E-state index is 13.8. The zero-order valence-corrected chi connectivity index (χ0v) is 17.1. The molecule has 162 valence electrons.